The van der Waals surface area contributed by atoms with E-state index < -0.39 is 11.6 Å². The number of hydrogen-bond acceptors (Lipinski definition) is 6. The first-order valence-corrected chi connectivity index (χ1v) is 6.76. The number of ether oxygens (including phenoxy) is 1. The van der Waals surface area contributed by atoms with Crippen molar-refractivity contribution < 1.29 is 14.6 Å². The second-order valence-corrected chi connectivity index (χ2v) is 5.22. The van der Waals surface area contributed by atoms with Crippen LogP contribution in [0.4, 0.5) is 5.95 Å². The van der Waals surface area contributed by atoms with Crippen molar-refractivity contribution in [1.29, 1.82) is 0 Å². The molecule has 0 fully saturated rings. The van der Waals surface area contributed by atoms with Gasteiger partial charge in [0.1, 0.15) is 0 Å². The fourth-order valence-electron chi connectivity index (χ4n) is 1.81. The van der Waals surface area contributed by atoms with Crippen molar-refractivity contribution in [1.82, 2.24) is 9.97 Å². The summed E-state index contributed by atoms with van der Waals surface area (Å²) in [5.74, 6) is 0.0854. The molecule has 1 aromatic heterocycles. The minimum atomic E-state index is -0.840. The number of aliphatic hydroxyl groups is 1. The van der Waals surface area contributed by atoms with Crippen molar-refractivity contribution in [2.24, 2.45) is 0 Å². The van der Waals surface area contributed by atoms with Crippen molar-refractivity contribution in [3.63, 3.8) is 0 Å². The highest BCUT2D eigenvalue weighted by molar-refractivity contribution is 5.90. The van der Waals surface area contributed by atoms with Gasteiger partial charge in [0.05, 0.1) is 23.5 Å². The Balaban J connectivity index is 2.98. The van der Waals surface area contributed by atoms with Crippen LogP contribution in [0.15, 0.2) is 6.20 Å². The molecular weight excluding hydrogens is 258 g/mol. The smallest absolute Gasteiger partial charge is 0.341 e. The predicted molar refractivity (Wildman–Crippen MR) is 76.9 cm³/mol. The lowest BCUT2D eigenvalue weighted by molar-refractivity contribution is 0.0524. The van der Waals surface area contributed by atoms with Crippen LogP contribution in [-0.4, -0.2) is 46.3 Å². The lowest BCUT2D eigenvalue weighted by Crippen LogP contribution is -2.39. The zero-order valence-electron chi connectivity index (χ0n) is 12.8. The Labute approximate surface area is 119 Å². The SMILES string of the molecule is CCOC(=O)c1cnc(N(CC)CC(C)(C)O)nc1C. The first-order valence-electron chi connectivity index (χ1n) is 6.76. The highest BCUT2D eigenvalue weighted by atomic mass is 16.5. The number of aromatic nitrogens is 2. The number of rotatable bonds is 6. The maximum atomic E-state index is 11.7. The molecule has 0 aliphatic carbocycles. The van der Waals surface area contributed by atoms with E-state index in [0.717, 1.165) is 0 Å². The molecule has 1 N–H and O–H groups in total. The maximum absolute atomic E-state index is 11.7. The van der Waals surface area contributed by atoms with Gasteiger partial charge < -0.3 is 14.7 Å². The molecule has 1 aromatic rings. The normalized spacial score (nSPS) is 11.3. The van der Waals surface area contributed by atoms with Gasteiger partial charge in [-0.15, -0.1) is 0 Å². The maximum Gasteiger partial charge on any atom is 0.341 e. The monoisotopic (exact) mass is 281 g/mol. The molecule has 0 aromatic carbocycles. The molecule has 0 unspecified atom stereocenters. The van der Waals surface area contributed by atoms with E-state index in [4.69, 9.17) is 4.74 Å². The van der Waals surface area contributed by atoms with Crippen molar-refractivity contribution >= 4 is 11.9 Å². The molecule has 1 rings (SSSR count). The van der Waals surface area contributed by atoms with Gasteiger partial charge in [-0.2, -0.15) is 0 Å². The molecule has 0 saturated carbocycles. The van der Waals surface area contributed by atoms with E-state index in [-0.39, 0.29) is 0 Å². The molecule has 0 bridgehead atoms. The Bertz CT molecular complexity index is 469. The molecule has 0 aliphatic rings. The number of carbonyl (C=O) groups excluding carboxylic acids is 1. The van der Waals surface area contributed by atoms with Gasteiger partial charge in [0.2, 0.25) is 5.95 Å². The van der Waals surface area contributed by atoms with Gasteiger partial charge in [-0.05, 0) is 34.6 Å². The summed E-state index contributed by atoms with van der Waals surface area (Å²) in [6.07, 6.45) is 1.47. The van der Waals surface area contributed by atoms with Crippen LogP contribution in [0.1, 0.15) is 43.7 Å². The number of nitrogens with zero attached hydrogens (tertiary/aromatic N) is 3. The van der Waals surface area contributed by atoms with Gasteiger partial charge in [-0.3, -0.25) is 0 Å². The fourth-order valence-corrected chi connectivity index (χ4v) is 1.81. The fraction of sp³-hybridized carbons (Fsp3) is 0.643. The summed E-state index contributed by atoms with van der Waals surface area (Å²) in [6, 6.07) is 0. The third kappa shape index (κ3) is 4.45. The van der Waals surface area contributed by atoms with Crippen molar-refractivity contribution in [2.75, 3.05) is 24.6 Å². The zero-order valence-corrected chi connectivity index (χ0v) is 12.8. The first kappa shape index (κ1) is 16.4. The summed E-state index contributed by atoms with van der Waals surface area (Å²) in [5, 5.41) is 9.89. The topological polar surface area (TPSA) is 75.5 Å². The van der Waals surface area contributed by atoms with Crippen LogP contribution in [0.2, 0.25) is 0 Å². The molecule has 112 valence electrons. The minimum Gasteiger partial charge on any atom is -0.462 e. The Morgan fingerprint density at radius 1 is 1.45 bits per heavy atom. The largest absolute Gasteiger partial charge is 0.462 e. The van der Waals surface area contributed by atoms with Gasteiger partial charge in [0, 0.05) is 19.3 Å². The lowest BCUT2D eigenvalue weighted by atomic mass is 10.1. The third-order valence-corrected chi connectivity index (χ3v) is 2.70. The summed E-state index contributed by atoms with van der Waals surface area (Å²) in [5.41, 5.74) is 0.102. The lowest BCUT2D eigenvalue weighted by Gasteiger charge is -2.28. The molecular formula is C14H23N3O3. The number of carbonyl (C=O) groups is 1. The summed E-state index contributed by atoms with van der Waals surface area (Å²) in [4.78, 5) is 22.1. The highest BCUT2D eigenvalue weighted by Crippen LogP contribution is 2.15. The van der Waals surface area contributed by atoms with E-state index in [9.17, 15) is 9.90 Å². The second kappa shape index (κ2) is 6.65. The summed E-state index contributed by atoms with van der Waals surface area (Å²) in [6.45, 7) is 10.3. The molecule has 0 spiro atoms. The molecule has 20 heavy (non-hydrogen) atoms. The van der Waals surface area contributed by atoms with Crippen LogP contribution in [0.3, 0.4) is 0 Å². The molecule has 1 heterocycles. The minimum absolute atomic E-state index is 0.319. The predicted octanol–water partition coefficient (Wildman–Crippen LogP) is 1.56. The molecule has 0 amide bonds. The highest BCUT2D eigenvalue weighted by Gasteiger charge is 2.20. The van der Waals surface area contributed by atoms with Crippen LogP contribution in [0, 0.1) is 6.92 Å². The molecule has 0 aliphatic heterocycles. The number of likely N-dealkylation sites (N-methyl/N-ethyl adjacent to an activating group) is 1. The third-order valence-electron chi connectivity index (χ3n) is 2.70. The molecule has 0 atom stereocenters. The number of hydrogen-bond donors (Lipinski definition) is 1. The summed E-state index contributed by atoms with van der Waals surface area (Å²) >= 11 is 0. The molecule has 6 nitrogen and oxygen atoms in total. The van der Waals surface area contributed by atoms with Gasteiger partial charge in [0.15, 0.2) is 0 Å². The Hall–Kier alpha value is -1.69. The van der Waals surface area contributed by atoms with Crippen LogP contribution in [-0.2, 0) is 4.74 Å². The Morgan fingerprint density at radius 2 is 2.10 bits per heavy atom. The van der Waals surface area contributed by atoms with Gasteiger partial charge >= 0.3 is 5.97 Å². The number of esters is 1. The quantitative estimate of drug-likeness (QED) is 0.797. The van der Waals surface area contributed by atoms with E-state index in [1.54, 1.807) is 27.7 Å². The van der Waals surface area contributed by atoms with Gasteiger partial charge in [0.25, 0.3) is 0 Å². The van der Waals surface area contributed by atoms with E-state index in [0.29, 0.717) is 36.9 Å². The zero-order chi connectivity index (χ0) is 15.3. The van der Waals surface area contributed by atoms with E-state index >= 15 is 0 Å². The summed E-state index contributed by atoms with van der Waals surface area (Å²) < 4.78 is 4.94. The van der Waals surface area contributed by atoms with Gasteiger partial charge in [-0.1, -0.05) is 0 Å². The Morgan fingerprint density at radius 3 is 2.55 bits per heavy atom. The standard InChI is InChI=1S/C14H23N3O3/c1-6-17(9-14(4,5)19)13-15-8-11(10(3)16-13)12(18)20-7-2/h8,19H,6-7,9H2,1-5H3. The summed E-state index contributed by atoms with van der Waals surface area (Å²) in [7, 11) is 0. The van der Waals surface area contributed by atoms with Crippen molar-refractivity contribution in [3.8, 4) is 0 Å². The second-order valence-electron chi connectivity index (χ2n) is 5.22. The van der Waals surface area contributed by atoms with Crippen LogP contribution in [0.25, 0.3) is 0 Å². The number of anilines is 1. The van der Waals surface area contributed by atoms with Crippen molar-refractivity contribution in [2.45, 2.75) is 40.2 Å². The Kier molecular flexibility index (Phi) is 5.44. The van der Waals surface area contributed by atoms with Crippen molar-refractivity contribution in [3.05, 3.63) is 17.5 Å². The van der Waals surface area contributed by atoms with Gasteiger partial charge in [-0.25, -0.2) is 14.8 Å². The van der Waals surface area contributed by atoms with Crippen LogP contribution < -0.4 is 4.90 Å². The van der Waals surface area contributed by atoms with E-state index in [1.165, 1.54) is 6.20 Å². The average Bonchev–Trinajstić information content (AvgIpc) is 2.35. The van der Waals surface area contributed by atoms with Crippen LogP contribution >= 0.6 is 0 Å². The van der Waals surface area contributed by atoms with E-state index in [1.807, 2.05) is 11.8 Å². The molecule has 6 heteroatoms. The van der Waals surface area contributed by atoms with E-state index in [2.05, 4.69) is 9.97 Å². The number of aryl methyl sites for hydroxylation is 1. The van der Waals surface area contributed by atoms with Crippen LogP contribution in [0.5, 0.6) is 0 Å². The molecule has 0 saturated heterocycles. The molecule has 0 radical (unpaired) electrons. The first-order chi connectivity index (χ1) is 9.28. The average molecular weight is 281 g/mol.